The highest BCUT2D eigenvalue weighted by molar-refractivity contribution is 7.20. The van der Waals surface area contributed by atoms with Gasteiger partial charge in [-0.25, -0.2) is 4.39 Å². The molecule has 0 saturated heterocycles. The normalized spacial score (nSPS) is 12.5. The Morgan fingerprint density at radius 1 is 1.43 bits per heavy atom. The van der Waals surface area contributed by atoms with Crippen molar-refractivity contribution in [1.82, 2.24) is 5.32 Å². The highest BCUT2D eigenvalue weighted by Crippen LogP contribution is 2.27. The molecule has 1 unspecified atom stereocenters. The van der Waals surface area contributed by atoms with Crippen LogP contribution in [0.2, 0.25) is 0 Å². The van der Waals surface area contributed by atoms with Crippen LogP contribution in [0.5, 0.6) is 0 Å². The minimum Gasteiger partial charge on any atom is -0.396 e. The molecule has 2 N–H and O–H groups in total. The molecule has 0 spiro atoms. The van der Waals surface area contributed by atoms with E-state index in [1.807, 2.05) is 6.07 Å². The van der Waals surface area contributed by atoms with Gasteiger partial charge < -0.3 is 10.4 Å². The van der Waals surface area contributed by atoms with Crippen LogP contribution in [0.4, 0.5) is 4.39 Å². The third-order valence-corrected chi connectivity index (χ3v) is 4.62. The molecule has 0 fully saturated rings. The van der Waals surface area contributed by atoms with E-state index < -0.39 is 0 Å². The minimum absolute atomic E-state index is 0.134. The van der Waals surface area contributed by atoms with Crippen LogP contribution >= 0.6 is 11.3 Å². The van der Waals surface area contributed by atoms with E-state index in [0.29, 0.717) is 23.2 Å². The second kappa shape index (κ2) is 7.52. The van der Waals surface area contributed by atoms with Crippen LogP contribution in [0.25, 0.3) is 10.1 Å². The summed E-state index contributed by atoms with van der Waals surface area (Å²) in [7, 11) is 0. The molecule has 0 aliphatic heterocycles. The number of hydrogen-bond donors (Lipinski definition) is 2. The van der Waals surface area contributed by atoms with Gasteiger partial charge in [-0.05, 0) is 37.0 Å². The predicted molar refractivity (Wildman–Crippen MR) is 84.2 cm³/mol. The number of fused-ring (bicyclic) bond motifs is 1. The van der Waals surface area contributed by atoms with Gasteiger partial charge in [-0.2, -0.15) is 0 Å². The van der Waals surface area contributed by atoms with Crippen molar-refractivity contribution >= 4 is 27.3 Å². The first-order chi connectivity index (χ1) is 10.2. The summed E-state index contributed by atoms with van der Waals surface area (Å²) in [6.45, 7) is 2.76. The van der Waals surface area contributed by atoms with Gasteiger partial charge >= 0.3 is 0 Å². The summed E-state index contributed by atoms with van der Waals surface area (Å²) in [6, 6.07) is 6.46. The number of rotatable bonds is 7. The lowest BCUT2D eigenvalue weighted by molar-refractivity contribution is 0.0947. The number of aliphatic hydroxyl groups is 1. The highest BCUT2D eigenvalue weighted by atomic mass is 32.1. The number of halogens is 1. The molecule has 21 heavy (non-hydrogen) atoms. The van der Waals surface area contributed by atoms with Crippen LogP contribution in [0.3, 0.4) is 0 Å². The Hall–Kier alpha value is -1.46. The Balaban J connectivity index is 2.03. The number of aliphatic hydroxyl groups excluding tert-OH is 1. The molecule has 1 aromatic heterocycles. The number of amides is 1. The molecule has 0 radical (unpaired) electrons. The zero-order valence-electron chi connectivity index (χ0n) is 12.1. The van der Waals surface area contributed by atoms with Crippen LogP contribution in [-0.2, 0) is 0 Å². The molecule has 0 bridgehead atoms. The molecule has 3 nitrogen and oxygen atoms in total. The third-order valence-electron chi connectivity index (χ3n) is 3.52. The SMILES string of the molecule is CCCC(CCO)CNC(=O)c1cc2c(F)cccc2s1. The zero-order valence-corrected chi connectivity index (χ0v) is 12.9. The fourth-order valence-corrected chi connectivity index (χ4v) is 3.39. The summed E-state index contributed by atoms with van der Waals surface area (Å²) < 4.78 is 14.4. The van der Waals surface area contributed by atoms with Gasteiger partial charge in [-0.1, -0.05) is 19.4 Å². The number of benzene rings is 1. The zero-order chi connectivity index (χ0) is 15.2. The lowest BCUT2D eigenvalue weighted by Crippen LogP contribution is -2.29. The fraction of sp³-hybridized carbons (Fsp3) is 0.438. The number of thiophene rings is 1. The van der Waals surface area contributed by atoms with Crippen molar-refractivity contribution < 1.29 is 14.3 Å². The molecule has 1 amide bonds. The van der Waals surface area contributed by atoms with E-state index in [1.54, 1.807) is 12.1 Å². The smallest absolute Gasteiger partial charge is 0.261 e. The quantitative estimate of drug-likeness (QED) is 0.821. The fourth-order valence-electron chi connectivity index (χ4n) is 2.40. The first-order valence-corrected chi connectivity index (χ1v) is 8.04. The van der Waals surface area contributed by atoms with E-state index in [0.717, 1.165) is 17.5 Å². The van der Waals surface area contributed by atoms with E-state index in [9.17, 15) is 9.18 Å². The van der Waals surface area contributed by atoms with Gasteiger partial charge in [0.2, 0.25) is 0 Å². The Labute approximate surface area is 127 Å². The predicted octanol–water partition coefficient (Wildman–Crippen LogP) is 3.57. The second-order valence-corrected chi connectivity index (χ2v) is 6.22. The molecular formula is C16H20FNO2S. The van der Waals surface area contributed by atoms with Gasteiger partial charge in [0, 0.05) is 23.2 Å². The lowest BCUT2D eigenvalue weighted by Gasteiger charge is -2.15. The summed E-state index contributed by atoms with van der Waals surface area (Å²) in [4.78, 5) is 12.7. The lowest BCUT2D eigenvalue weighted by atomic mass is 10.0. The summed E-state index contributed by atoms with van der Waals surface area (Å²) in [5, 5.41) is 12.4. The van der Waals surface area contributed by atoms with Crippen LogP contribution in [-0.4, -0.2) is 24.2 Å². The number of carbonyl (C=O) groups excluding carboxylic acids is 1. The Morgan fingerprint density at radius 2 is 2.24 bits per heavy atom. The molecule has 1 aromatic carbocycles. The van der Waals surface area contributed by atoms with Gasteiger partial charge in [-0.3, -0.25) is 4.79 Å². The maximum absolute atomic E-state index is 13.6. The van der Waals surface area contributed by atoms with Gasteiger partial charge in [0.1, 0.15) is 5.82 Å². The maximum atomic E-state index is 13.6. The first-order valence-electron chi connectivity index (χ1n) is 7.22. The number of carbonyl (C=O) groups is 1. The first kappa shape index (κ1) is 15.9. The molecule has 2 rings (SSSR count). The largest absolute Gasteiger partial charge is 0.396 e. The standard InChI is InChI=1S/C16H20FNO2S/c1-2-4-11(7-8-19)10-18-16(20)15-9-12-13(17)5-3-6-14(12)21-15/h3,5-6,9,11,19H,2,4,7-8,10H2,1H3,(H,18,20). The average Bonchev–Trinajstić information content (AvgIpc) is 2.90. The summed E-state index contributed by atoms with van der Waals surface area (Å²) in [5.41, 5.74) is 0. The molecule has 0 aliphatic rings. The average molecular weight is 309 g/mol. The summed E-state index contributed by atoms with van der Waals surface area (Å²) in [5.74, 6) is -0.184. The summed E-state index contributed by atoms with van der Waals surface area (Å²) >= 11 is 1.30. The highest BCUT2D eigenvalue weighted by Gasteiger charge is 2.14. The van der Waals surface area contributed by atoms with Crippen LogP contribution < -0.4 is 5.32 Å². The van der Waals surface area contributed by atoms with Crippen LogP contribution in [0.1, 0.15) is 35.9 Å². The van der Waals surface area contributed by atoms with Crippen molar-refractivity contribution in [2.75, 3.05) is 13.2 Å². The second-order valence-electron chi connectivity index (χ2n) is 5.14. The Bertz CT molecular complexity index is 605. The molecule has 1 atom stereocenters. The molecule has 0 saturated carbocycles. The summed E-state index contributed by atoms with van der Waals surface area (Å²) in [6.07, 6.45) is 2.69. The molecule has 1 heterocycles. The van der Waals surface area contributed by atoms with E-state index in [-0.39, 0.29) is 24.2 Å². The van der Waals surface area contributed by atoms with E-state index in [4.69, 9.17) is 5.11 Å². The third kappa shape index (κ3) is 4.02. The minimum atomic E-state index is -0.299. The van der Waals surface area contributed by atoms with Crippen molar-refractivity contribution in [2.24, 2.45) is 5.92 Å². The topological polar surface area (TPSA) is 49.3 Å². The number of nitrogens with one attached hydrogen (secondary N) is 1. The molecule has 2 aromatic rings. The van der Waals surface area contributed by atoms with E-state index >= 15 is 0 Å². The van der Waals surface area contributed by atoms with E-state index in [1.165, 1.54) is 17.4 Å². The van der Waals surface area contributed by atoms with Crippen molar-refractivity contribution in [2.45, 2.75) is 26.2 Å². The van der Waals surface area contributed by atoms with Gasteiger partial charge in [-0.15, -0.1) is 11.3 Å². The van der Waals surface area contributed by atoms with Crippen molar-refractivity contribution in [3.05, 3.63) is 35.0 Å². The molecule has 0 aliphatic carbocycles. The van der Waals surface area contributed by atoms with Gasteiger partial charge in [0.25, 0.3) is 5.91 Å². The van der Waals surface area contributed by atoms with Crippen LogP contribution in [0.15, 0.2) is 24.3 Å². The Morgan fingerprint density at radius 3 is 2.90 bits per heavy atom. The Kier molecular flexibility index (Phi) is 5.70. The van der Waals surface area contributed by atoms with Crippen LogP contribution in [0, 0.1) is 11.7 Å². The maximum Gasteiger partial charge on any atom is 0.261 e. The number of hydrogen-bond acceptors (Lipinski definition) is 3. The van der Waals surface area contributed by atoms with E-state index in [2.05, 4.69) is 12.2 Å². The van der Waals surface area contributed by atoms with Gasteiger partial charge in [0.15, 0.2) is 0 Å². The molecule has 5 heteroatoms. The monoisotopic (exact) mass is 309 g/mol. The molecule has 114 valence electrons. The molecular weight excluding hydrogens is 289 g/mol. The van der Waals surface area contributed by atoms with Crippen molar-refractivity contribution in [3.8, 4) is 0 Å². The van der Waals surface area contributed by atoms with Crippen molar-refractivity contribution in [3.63, 3.8) is 0 Å². The van der Waals surface area contributed by atoms with Gasteiger partial charge in [0.05, 0.1) is 4.88 Å². The van der Waals surface area contributed by atoms with Crippen molar-refractivity contribution in [1.29, 1.82) is 0 Å².